The molecular formula is C21H22N2O5. The predicted octanol–water partition coefficient (Wildman–Crippen LogP) is 2.05. The fraction of sp³-hybridized carbons (Fsp3) is 0.286. The second-order valence-corrected chi connectivity index (χ2v) is 6.39. The monoisotopic (exact) mass is 382 g/mol. The molecule has 0 saturated carbocycles. The van der Waals surface area contributed by atoms with Crippen molar-refractivity contribution < 1.29 is 23.9 Å². The minimum absolute atomic E-state index is 0.0682. The van der Waals surface area contributed by atoms with E-state index in [0.717, 1.165) is 5.56 Å². The first-order valence-corrected chi connectivity index (χ1v) is 9.08. The van der Waals surface area contributed by atoms with Gasteiger partial charge >= 0.3 is 5.97 Å². The quantitative estimate of drug-likeness (QED) is 0.741. The van der Waals surface area contributed by atoms with Crippen molar-refractivity contribution in [3.05, 3.63) is 60.2 Å². The number of rotatable bonds is 7. The van der Waals surface area contributed by atoms with Crippen molar-refractivity contribution in [2.45, 2.75) is 26.1 Å². The van der Waals surface area contributed by atoms with Crippen LogP contribution in [0.4, 0.5) is 5.69 Å². The summed E-state index contributed by atoms with van der Waals surface area (Å²) in [5, 5.41) is 2.53. The highest BCUT2D eigenvalue weighted by molar-refractivity contribution is 6.00. The Kier molecular flexibility index (Phi) is 6.26. The summed E-state index contributed by atoms with van der Waals surface area (Å²) in [5.41, 5.74) is 1.52. The van der Waals surface area contributed by atoms with E-state index in [0.29, 0.717) is 11.4 Å². The predicted molar refractivity (Wildman–Crippen MR) is 103 cm³/mol. The van der Waals surface area contributed by atoms with E-state index in [2.05, 4.69) is 5.32 Å². The molecule has 0 fully saturated rings. The third kappa shape index (κ3) is 4.88. The highest BCUT2D eigenvalue weighted by Gasteiger charge is 2.31. The van der Waals surface area contributed by atoms with Crippen LogP contribution in [-0.2, 0) is 25.7 Å². The molecular weight excluding hydrogens is 360 g/mol. The van der Waals surface area contributed by atoms with Crippen LogP contribution in [0.15, 0.2) is 54.6 Å². The maximum Gasteiger partial charge on any atom is 0.325 e. The number of para-hydroxylation sites is 2. The van der Waals surface area contributed by atoms with Crippen LogP contribution < -0.4 is 15.0 Å². The van der Waals surface area contributed by atoms with Crippen molar-refractivity contribution in [1.29, 1.82) is 0 Å². The number of carbonyl (C=O) groups excluding carboxylic acids is 3. The van der Waals surface area contributed by atoms with Crippen LogP contribution in [0.3, 0.4) is 0 Å². The van der Waals surface area contributed by atoms with E-state index in [1.165, 1.54) is 4.90 Å². The van der Waals surface area contributed by atoms with Gasteiger partial charge in [0.15, 0.2) is 6.10 Å². The first kappa shape index (κ1) is 19.4. The molecule has 1 heterocycles. The van der Waals surface area contributed by atoms with Gasteiger partial charge in [-0.15, -0.1) is 0 Å². The molecule has 1 aliphatic heterocycles. The van der Waals surface area contributed by atoms with E-state index in [1.54, 1.807) is 25.1 Å². The molecule has 0 bridgehead atoms. The zero-order chi connectivity index (χ0) is 19.9. The normalized spacial score (nSPS) is 15.4. The topological polar surface area (TPSA) is 84.9 Å². The molecule has 1 aliphatic rings. The van der Waals surface area contributed by atoms with Gasteiger partial charge in [0.05, 0.1) is 5.69 Å². The molecule has 0 aromatic heterocycles. The van der Waals surface area contributed by atoms with Crippen molar-refractivity contribution >= 4 is 23.5 Å². The number of nitrogens with zero attached hydrogens (tertiary/aromatic N) is 1. The zero-order valence-electron chi connectivity index (χ0n) is 15.6. The third-order valence-corrected chi connectivity index (χ3v) is 4.31. The van der Waals surface area contributed by atoms with Gasteiger partial charge in [0, 0.05) is 13.0 Å². The van der Waals surface area contributed by atoms with E-state index in [1.807, 2.05) is 36.4 Å². The van der Waals surface area contributed by atoms with Crippen molar-refractivity contribution in [1.82, 2.24) is 5.32 Å². The van der Waals surface area contributed by atoms with Crippen LogP contribution in [0.25, 0.3) is 0 Å². The molecule has 0 radical (unpaired) electrons. The largest absolute Gasteiger partial charge is 0.479 e. The summed E-state index contributed by atoms with van der Waals surface area (Å²) >= 11 is 0. The average Bonchev–Trinajstić information content (AvgIpc) is 2.72. The molecule has 2 aromatic rings. The van der Waals surface area contributed by atoms with Crippen molar-refractivity contribution in [2.75, 3.05) is 18.0 Å². The summed E-state index contributed by atoms with van der Waals surface area (Å²) in [6, 6.07) is 16.5. The molecule has 2 aromatic carbocycles. The Labute approximate surface area is 163 Å². The van der Waals surface area contributed by atoms with E-state index in [9.17, 15) is 14.4 Å². The lowest BCUT2D eigenvalue weighted by Crippen LogP contribution is -2.46. The highest BCUT2D eigenvalue weighted by atomic mass is 16.5. The minimum Gasteiger partial charge on any atom is -0.479 e. The molecule has 0 aliphatic carbocycles. The van der Waals surface area contributed by atoms with Crippen molar-refractivity contribution in [3.8, 4) is 5.75 Å². The fourth-order valence-electron chi connectivity index (χ4n) is 2.85. The molecule has 1 N–H and O–H groups in total. The molecule has 146 valence electrons. The standard InChI is InChI=1S/C21H22N2O5/c1-15-21(26)23(17-9-5-6-10-18(17)28-15)12-11-19(24)22-13-20(25)27-14-16-7-3-2-4-8-16/h2-10,15H,11-14H2,1H3,(H,22,24). The van der Waals surface area contributed by atoms with Gasteiger partial charge in [0.25, 0.3) is 5.91 Å². The number of nitrogens with one attached hydrogen (secondary N) is 1. The second kappa shape index (κ2) is 9.03. The smallest absolute Gasteiger partial charge is 0.325 e. The van der Waals surface area contributed by atoms with Crippen LogP contribution >= 0.6 is 0 Å². The van der Waals surface area contributed by atoms with Crippen LogP contribution in [-0.4, -0.2) is 37.0 Å². The summed E-state index contributed by atoms with van der Waals surface area (Å²) in [4.78, 5) is 37.8. The molecule has 1 unspecified atom stereocenters. The van der Waals surface area contributed by atoms with Crippen molar-refractivity contribution in [2.24, 2.45) is 0 Å². The van der Waals surface area contributed by atoms with Crippen LogP contribution in [0.2, 0.25) is 0 Å². The van der Waals surface area contributed by atoms with Gasteiger partial charge in [0.1, 0.15) is 18.9 Å². The lowest BCUT2D eigenvalue weighted by molar-refractivity contribution is -0.145. The Morgan fingerprint density at radius 1 is 1.11 bits per heavy atom. The fourth-order valence-corrected chi connectivity index (χ4v) is 2.85. The maximum absolute atomic E-state index is 12.4. The molecule has 1 atom stereocenters. The Hall–Kier alpha value is -3.35. The number of benzene rings is 2. The average molecular weight is 382 g/mol. The number of ether oxygens (including phenoxy) is 2. The SMILES string of the molecule is CC1Oc2ccccc2N(CCC(=O)NCC(=O)OCc2ccccc2)C1=O. The van der Waals surface area contributed by atoms with Gasteiger partial charge in [-0.2, -0.15) is 0 Å². The van der Waals surface area contributed by atoms with Crippen molar-refractivity contribution in [3.63, 3.8) is 0 Å². The maximum atomic E-state index is 12.4. The Morgan fingerprint density at radius 3 is 2.61 bits per heavy atom. The van der Waals surface area contributed by atoms with Gasteiger partial charge in [-0.25, -0.2) is 0 Å². The van der Waals surface area contributed by atoms with E-state index < -0.39 is 12.1 Å². The van der Waals surface area contributed by atoms with Crippen LogP contribution in [0.1, 0.15) is 18.9 Å². The molecule has 28 heavy (non-hydrogen) atoms. The number of fused-ring (bicyclic) bond motifs is 1. The molecule has 2 amide bonds. The number of amides is 2. The Morgan fingerprint density at radius 2 is 1.82 bits per heavy atom. The van der Waals surface area contributed by atoms with E-state index in [-0.39, 0.29) is 37.9 Å². The molecule has 3 rings (SSSR count). The van der Waals surface area contributed by atoms with Gasteiger partial charge in [-0.05, 0) is 24.6 Å². The molecule has 7 nitrogen and oxygen atoms in total. The lowest BCUT2D eigenvalue weighted by atomic mass is 10.1. The van der Waals surface area contributed by atoms with Gasteiger partial charge in [0.2, 0.25) is 5.91 Å². The van der Waals surface area contributed by atoms with Gasteiger partial charge in [-0.3, -0.25) is 14.4 Å². The summed E-state index contributed by atoms with van der Waals surface area (Å²) in [6.45, 7) is 1.82. The van der Waals surface area contributed by atoms with E-state index >= 15 is 0 Å². The van der Waals surface area contributed by atoms with E-state index in [4.69, 9.17) is 9.47 Å². The lowest BCUT2D eigenvalue weighted by Gasteiger charge is -2.32. The second-order valence-electron chi connectivity index (χ2n) is 6.39. The van der Waals surface area contributed by atoms with Gasteiger partial charge in [-0.1, -0.05) is 42.5 Å². The first-order valence-electron chi connectivity index (χ1n) is 9.08. The Balaban J connectivity index is 1.45. The summed E-state index contributed by atoms with van der Waals surface area (Å²) in [7, 11) is 0. The minimum atomic E-state index is -0.606. The third-order valence-electron chi connectivity index (χ3n) is 4.31. The molecule has 7 heteroatoms. The zero-order valence-corrected chi connectivity index (χ0v) is 15.6. The summed E-state index contributed by atoms with van der Waals surface area (Å²) in [5.74, 6) is -0.437. The number of hydrogen-bond acceptors (Lipinski definition) is 5. The summed E-state index contributed by atoms with van der Waals surface area (Å²) < 4.78 is 10.7. The van der Waals surface area contributed by atoms with Gasteiger partial charge < -0.3 is 19.7 Å². The summed E-state index contributed by atoms with van der Waals surface area (Å²) in [6.07, 6.45) is -0.537. The van der Waals surface area contributed by atoms with Crippen LogP contribution in [0, 0.1) is 0 Å². The first-order chi connectivity index (χ1) is 13.5. The Bertz CT molecular complexity index is 853. The number of carbonyl (C=O) groups is 3. The highest BCUT2D eigenvalue weighted by Crippen LogP contribution is 2.33. The number of esters is 1. The van der Waals surface area contributed by atoms with Crippen LogP contribution in [0.5, 0.6) is 5.75 Å². The number of anilines is 1. The molecule has 0 spiro atoms. The number of hydrogen-bond donors (Lipinski definition) is 1. The molecule has 0 saturated heterocycles.